The van der Waals surface area contributed by atoms with Crippen LogP contribution in [0.15, 0.2) is 0 Å². The van der Waals surface area contributed by atoms with Crippen LogP contribution in [0, 0.1) is 0 Å². The maximum absolute atomic E-state index is 11.3. The normalized spacial score (nSPS) is 17.1. The number of hydrogen-bond acceptors (Lipinski definition) is 2. The third-order valence-electron chi connectivity index (χ3n) is 2.33. The summed E-state index contributed by atoms with van der Waals surface area (Å²) in [5, 5.41) is 0. The van der Waals surface area contributed by atoms with Gasteiger partial charge in [0.1, 0.15) is 5.60 Å². The predicted molar refractivity (Wildman–Crippen MR) is 47.0 cm³/mol. The fraction of sp³-hybridized carbons (Fsp3) is 0.889. The van der Waals surface area contributed by atoms with Gasteiger partial charge in [0.15, 0.2) is 0 Å². The van der Waals surface area contributed by atoms with E-state index in [9.17, 15) is 4.79 Å². The first kappa shape index (κ1) is 9.36. The van der Waals surface area contributed by atoms with Crippen LogP contribution in [-0.2, 0) is 4.74 Å². The zero-order chi connectivity index (χ0) is 9.19. The van der Waals surface area contributed by atoms with Gasteiger partial charge in [-0.1, -0.05) is 6.92 Å². The van der Waals surface area contributed by atoms with Crippen molar-refractivity contribution < 1.29 is 9.53 Å². The van der Waals surface area contributed by atoms with E-state index in [2.05, 4.69) is 0 Å². The molecule has 0 atom stereocenters. The molecular weight excluding hydrogens is 154 g/mol. The molecule has 70 valence electrons. The lowest BCUT2D eigenvalue weighted by Crippen LogP contribution is -2.45. The van der Waals surface area contributed by atoms with Crippen molar-refractivity contribution in [3.63, 3.8) is 0 Å². The topological polar surface area (TPSA) is 29.5 Å². The number of rotatable bonds is 2. The molecule has 1 aliphatic heterocycles. The second-order valence-corrected chi connectivity index (χ2v) is 3.82. The van der Waals surface area contributed by atoms with E-state index in [4.69, 9.17) is 4.74 Å². The molecule has 0 bridgehead atoms. The molecular formula is C9H17NO2. The lowest BCUT2D eigenvalue weighted by molar-refractivity contribution is 0.000865. The molecule has 1 rings (SSSR count). The number of ether oxygens (including phenoxy) is 1. The first-order chi connectivity index (χ1) is 5.55. The third-order valence-corrected chi connectivity index (χ3v) is 2.33. The molecule has 1 heterocycles. The van der Waals surface area contributed by atoms with Gasteiger partial charge in [0, 0.05) is 13.1 Å². The highest BCUT2D eigenvalue weighted by Gasteiger charge is 2.27. The zero-order valence-electron chi connectivity index (χ0n) is 8.09. The molecule has 0 unspecified atom stereocenters. The summed E-state index contributed by atoms with van der Waals surface area (Å²) in [6.07, 6.45) is 1.81. The largest absolute Gasteiger partial charge is 0.443 e. The van der Waals surface area contributed by atoms with Crippen LogP contribution in [-0.4, -0.2) is 29.7 Å². The van der Waals surface area contributed by atoms with Crippen LogP contribution < -0.4 is 0 Å². The van der Waals surface area contributed by atoms with Crippen molar-refractivity contribution in [3.05, 3.63) is 0 Å². The highest BCUT2D eigenvalue weighted by atomic mass is 16.6. The monoisotopic (exact) mass is 171 g/mol. The minimum atomic E-state index is -0.313. The van der Waals surface area contributed by atoms with Crippen LogP contribution in [0.1, 0.15) is 33.6 Å². The number of carbonyl (C=O) groups is 1. The van der Waals surface area contributed by atoms with E-state index in [0.717, 1.165) is 25.9 Å². The average molecular weight is 171 g/mol. The molecule has 1 aliphatic rings. The highest BCUT2D eigenvalue weighted by Crippen LogP contribution is 2.17. The number of carbonyl (C=O) groups excluding carboxylic acids is 1. The maximum Gasteiger partial charge on any atom is 0.410 e. The van der Waals surface area contributed by atoms with E-state index in [1.54, 1.807) is 4.90 Å². The summed E-state index contributed by atoms with van der Waals surface area (Å²) >= 11 is 0. The van der Waals surface area contributed by atoms with Crippen molar-refractivity contribution in [2.24, 2.45) is 0 Å². The SMILES string of the molecule is CCC(C)(C)OC(=O)N1CCC1. The summed E-state index contributed by atoms with van der Waals surface area (Å²) in [6.45, 7) is 7.61. The lowest BCUT2D eigenvalue weighted by Gasteiger charge is -2.33. The average Bonchev–Trinajstić information content (AvgIpc) is 1.82. The van der Waals surface area contributed by atoms with Crippen LogP contribution in [0.3, 0.4) is 0 Å². The van der Waals surface area contributed by atoms with Crippen molar-refractivity contribution in [3.8, 4) is 0 Å². The van der Waals surface area contributed by atoms with E-state index in [-0.39, 0.29) is 11.7 Å². The Labute approximate surface area is 73.7 Å². The number of nitrogens with zero attached hydrogens (tertiary/aromatic N) is 1. The third kappa shape index (κ3) is 2.13. The van der Waals surface area contributed by atoms with Gasteiger partial charge in [0.25, 0.3) is 0 Å². The quantitative estimate of drug-likeness (QED) is 0.636. The van der Waals surface area contributed by atoms with Crippen molar-refractivity contribution in [2.45, 2.75) is 39.2 Å². The summed E-state index contributed by atoms with van der Waals surface area (Å²) in [7, 11) is 0. The Morgan fingerprint density at radius 2 is 2.08 bits per heavy atom. The Balaban J connectivity index is 2.34. The molecule has 0 saturated carbocycles. The van der Waals surface area contributed by atoms with Crippen molar-refractivity contribution >= 4 is 6.09 Å². The van der Waals surface area contributed by atoms with Gasteiger partial charge < -0.3 is 9.64 Å². The summed E-state index contributed by atoms with van der Waals surface area (Å²) in [5.41, 5.74) is -0.313. The zero-order valence-corrected chi connectivity index (χ0v) is 8.09. The van der Waals surface area contributed by atoms with Crippen LogP contribution in [0.2, 0.25) is 0 Å². The molecule has 12 heavy (non-hydrogen) atoms. The van der Waals surface area contributed by atoms with E-state index in [1.165, 1.54) is 0 Å². The van der Waals surface area contributed by atoms with Gasteiger partial charge in [-0.25, -0.2) is 4.79 Å². The fourth-order valence-corrected chi connectivity index (χ4v) is 0.872. The molecule has 0 spiro atoms. The Hall–Kier alpha value is -0.730. The molecule has 0 aromatic heterocycles. The summed E-state index contributed by atoms with van der Waals surface area (Å²) < 4.78 is 5.28. The van der Waals surface area contributed by atoms with Gasteiger partial charge in [0.05, 0.1) is 0 Å². The Morgan fingerprint density at radius 3 is 2.42 bits per heavy atom. The van der Waals surface area contributed by atoms with E-state index in [0.29, 0.717) is 0 Å². The van der Waals surface area contributed by atoms with Gasteiger partial charge >= 0.3 is 6.09 Å². The molecule has 1 saturated heterocycles. The predicted octanol–water partition coefficient (Wildman–Crippen LogP) is 2.02. The maximum atomic E-state index is 11.3. The summed E-state index contributed by atoms with van der Waals surface area (Å²) in [5.74, 6) is 0. The second kappa shape index (κ2) is 3.33. The Kier molecular flexibility index (Phi) is 2.60. The number of likely N-dealkylation sites (tertiary alicyclic amines) is 1. The van der Waals surface area contributed by atoms with Gasteiger partial charge in [0.2, 0.25) is 0 Å². The molecule has 3 nitrogen and oxygen atoms in total. The van der Waals surface area contributed by atoms with Crippen LogP contribution >= 0.6 is 0 Å². The molecule has 0 aromatic carbocycles. The van der Waals surface area contributed by atoms with Crippen LogP contribution in [0.4, 0.5) is 4.79 Å². The molecule has 3 heteroatoms. The molecule has 0 N–H and O–H groups in total. The van der Waals surface area contributed by atoms with Gasteiger partial charge in [-0.3, -0.25) is 0 Å². The number of amides is 1. The van der Waals surface area contributed by atoms with Crippen molar-refractivity contribution in [1.29, 1.82) is 0 Å². The molecule has 0 radical (unpaired) electrons. The van der Waals surface area contributed by atoms with Crippen molar-refractivity contribution in [1.82, 2.24) is 4.90 Å². The van der Waals surface area contributed by atoms with Gasteiger partial charge in [-0.2, -0.15) is 0 Å². The minimum absolute atomic E-state index is 0.159. The smallest absolute Gasteiger partial charge is 0.410 e. The summed E-state index contributed by atoms with van der Waals surface area (Å²) in [6, 6.07) is 0. The van der Waals surface area contributed by atoms with Gasteiger partial charge in [-0.15, -0.1) is 0 Å². The van der Waals surface area contributed by atoms with E-state index >= 15 is 0 Å². The number of hydrogen-bond donors (Lipinski definition) is 0. The first-order valence-corrected chi connectivity index (χ1v) is 4.53. The first-order valence-electron chi connectivity index (χ1n) is 4.53. The van der Waals surface area contributed by atoms with Gasteiger partial charge in [-0.05, 0) is 26.7 Å². The second-order valence-electron chi connectivity index (χ2n) is 3.82. The van der Waals surface area contributed by atoms with Crippen molar-refractivity contribution in [2.75, 3.05) is 13.1 Å². The Morgan fingerprint density at radius 1 is 1.50 bits per heavy atom. The molecule has 0 aromatic rings. The standard InChI is InChI=1S/C9H17NO2/c1-4-9(2,3)12-8(11)10-6-5-7-10/h4-7H2,1-3H3. The lowest BCUT2D eigenvalue weighted by atomic mass is 10.1. The molecule has 1 amide bonds. The minimum Gasteiger partial charge on any atom is -0.443 e. The molecule has 1 fully saturated rings. The van der Waals surface area contributed by atoms with E-state index < -0.39 is 0 Å². The Bertz CT molecular complexity index is 173. The van der Waals surface area contributed by atoms with Crippen LogP contribution in [0.5, 0.6) is 0 Å². The molecule has 0 aliphatic carbocycles. The fourth-order valence-electron chi connectivity index (χ4n) is 0.872. The van der Waals surface area contributed by atoms with E-state index in [1.807, 2.05) is 20.8 Å². The summed E-state index contributed by atoms with van der Waals surface area (Å²) in [4.78, 5) is 13.0. The van der Waals surface area contributed by atoms with Crippen LogP contribution in [0.25, 0.3) is 0 Å². The highest BCUT2D eigenvalue weighted by molar-refractivity contribution is 5.68.